The fourth-order valence-corrected chi connectivity index (χ4v) is 3.69. The Kier molecular flexibility index (Phi) is 4.60. The summed E-state index contributed by atoms with van der Waals surface area (Å²) in [6.07, 6.45) is 0.589. The van der Waals surface area contributed by atoms with Gasteiger partial charge < -0.3 is 4.74 Å². The Labute approximate surface area is 134 Å². The molecule has 2 heterocycles. The third kappa shape index (κ3) is 3.83. The molecule has 0 radical (unpaired) electrons. The molecule has 0 aliphatic carbocycles. The maximum atomic E-state index is 5.92. The molecule has 112 valence electrons. The van der Waals surface area contributed by atoms with Crippen LogP contribution in [0, 0.1) is 0 Å². The number of aromatic nitrogens is 1. The second-order valence-corrected chi connectivity index (χ2v) is 6.90. The fourth-order valence-electron chi connectivity index (χ4n) is 2.75. The summed E-state index contributed by atoms with van der Waals surface area (Å²) in [5, 5.41) is 3.96. The van der Waals surface area contributed by atoms with E-state index in [0.29, 0.717) is 12.2 Å². The van der Waals surface area contributed by atoms with Crippen molar-refractivity contribution < 1.29 is 4.74 Å². The van der Waals surface area contributed by atoms with Crippen LogP contribution in [0.4, 0.5) is 0 Å². The maximum absolute atomic E-state index is 5.92. The van der Waals surface area contributed by atoms with E-state index in [1.807, 2.05) is 24.3 Å². The minimum Gasteiger partial charge on any atom is -0.373 e. The van der Waals surface area contributed by atoms with Crippen molar-refractivity contribution in [3.8, 4) is 10.6 Å². The summed E-state index contributed by atoms with van der Waals surface area (Å²) in [4.78, 5) is 7.16. The molecular weight excluding hydrogens is 304 g/mol. The van der Waals surface area contributed by atoms with Crippen LogP contribution in [0.15, 0.2) is 29.6 Å². The molecule has 1 aromatic heterocycles. The quantitative estimate of drug-likeness (QED) is 0.851. The van der Waals surface area contributed by atoms with E-state index in [2.05, 4.69) is 24.1 Å². The minimum absolute atomic E-state index is 0.295. The summed E-state index contributed by atoms with van der Waals surface area (Å²) in [5.74, 6) is 0. The number of hydrogen-bond acceptors (Lipinski definition) is 4. The van der Waals surface area contributed by atoms with Gasteiger partial charge in [-0.05, 0) is 26.0 Å². The van der Waals surface area contributed by atoms with E-state index >= 15 is 0 Å². The van der Waals surface area contributed by atoms with Crippen molar-refractivity contribution in [2.75, 3.05) is 13.1 Å². The Morgan fingerprint density at radius 2 is 1.90 bits per heavy atom. The third-order valence-electron chi connectivity index (χ3n) is 3.52. The first-order valence-corrected chi connectivity index (χ1v) is 8.44. The summed E-state index contributed by atoms with van der Waals surface area (Å²) in [6, 6.07) is 7.85. The zero-order valence-corrected chi connectivity index (χ0v) is 13.8. The molecule has 5 heteroatoms. The summed E-state index contributed by atoms with van der Waals surface area (Å²) < 4.78 is 5.77. The molecule has 0 unspecified atom stereocenters. The number of benzene rings is 1. The number of thiazole rings is 1. The van der Waals surface area contributed by atoms with Gasteiger partial charge in [-0.25, -0.2) is 4.98 Å². The molecule has 0 amide bonds. The van der Waals surface area contributed by atoms with Gasteiger partial charge in [0.15, 0.2) is 0 Å². The summed E-state index contributed by atoms with van der Waals surface area (Å²) in [6.45, 7) is 7.09. The minimum atomic E-state index is 0.295. The Bertz CT molecular complexity index is 589. The van der Waals surface area contributed by atoms with E-state index in [4.69, 9.17) is 21.3 Å². The topological polar surface area (TPSA) is 25.4 Å². The lowest BCUT2D eigenvalue weighted by atomic mass is 10.2. The molecule has 2 atom stereocenters. The number of morpholine rings is 1. The van der Waals surface area contributed by atoms with E-state index in [1.54, 1.807) is 11.3 Å². The van der Waals surface area contributed by atoms with Crippen molar-refractivity contribution in [3.05, 3.63) is 40.4 Å². The van der Waals surface area contributed by atoms with Crippen molar-refractivity contribution in [1.29, 1.82) is 0 Å². The van der Waals surface area contributed by atoms with Crippen LogP contribution < -0.4 is 0 Å². The molecule has 0 N–H and O–H groups in total. The monoisotopic (exact) mass is 322 g/mol. The lowest BCUT2D eigenvalue weighted by Gasteiger charge is -2.34. The van der Waals surface area contributed by atoms with Crippen LogP contribution in [0.1, 0.15) is 19.5 Å². The molecule has 2 aromatic rings. The second-order valence-electron chi connectivity index (χ2n) is 5.60. The van der Waals surface area contributed by atoms with Gasteiger partial charge in [-0.1, -0.05) is 23.7 Å². The summed E-state index contributed by atoms with van der Waals surface area (Å²) >= 11 is 7.61. The van der Waals surface area contributed by atoms with Gasteiger partial charge in [0.05, 0.1) is 17.9 Å². The number of nitrogens with zero attached hydrogens (tertiary/aromatic N) is 2. The molecule has 3 rings (SSSR count). The van der Waals surface area contributed by atoms with Crippen molar-refractivity contribution >= 4 is 22.9 Å². The van der Waals surface area contributed by atoms with Crippen LogP contribution in [0.3, 0.4) is 0 Å². The predicted octanol–water partition coefficient (Wildman–Crippen LogP) is 4.07. The molecule has 1 fully saturated rings. The van der Waals surface area contributed by atoms with E-state index in [0.717, 1.165) is 40.9 Å². The lowest BCUT2D eigenvalue weighted by Crippen LogP contribution is -2.44. The summed E-state index contributed by atoms with van der Waals surface area (Å²) in [5.41, 5.74) is 2.26. The van der Waals surface area contributed by atoms with Crippen LogP contribution in [-0.4, -0.2) is 35.2 Å². The zero-order valence-electron chi connectivity index (χ0n) is 12.3. The Balaban J connectivity index is 1.69. The molecular formula is C16H19ClN2OS. The molecule has 0 saturated carbocycles. The first-order chi connectivity index (χ1) is 10.1. The van der Waals surface area contributed by atoms with Crippen molar-refractivity contribution in [2.24, 2.45) is 0 Å². The highest BCUT2D eigenvalue weighted by Crippen LogP contribution is 2.26. The number of halogens is 1. The number of ether oxygens (including phenoxy) is 1. The van der Waals surface area contributed by atoms with E-state index in [9.17, 15) is 0 Å². The molecule has 21 heavy (non-hydrogen) atoms. The van der Waals surface area contributed by atoms with Crippen molar-refractivity contribution in [3.63, 3.8) is 0 Å². The van der Waals surface area contributed by atoms with Crippen LogP contribution in [0.5, 0.6) is 0 Å². The van der Waals surface area contributed by atoms with Crippen molar-refractivity contribution in [1.82, 2.24) is 9.88 Å². The van der Waals surface area contributed by atoms with E-state index in [1.165, 1.54) is 0 Å². The van der Waals surface area contributed by atoms with Crippen LogP contribution in [-0.2, 0) is 11.3 Å². The highest BCUT2D eigenvalue weighted by Gasteiger charge is 2.22. The first-order valence-electron chi connectivity index (χ1n) is 7.18. The van der Waals surface area contributed by atoms with Gasteiger partial charge in [0, 0.05) is 35.6 Å². The van der Waals surface area contributed by atoms with Gasteiger partial charge in [0.1, 0.15) is 5.01 Å². The Morgan fingerprint density at radius 1 is 1.24 bits per heavy atom. The van der Waals surface area contributed by atoms with E-state index < -0.39 is 0 Å². The number of hydrogen-bond donors (Lipinski definition) is 0. The molecule has 1 aliphatic rings. The summed E-state index contributed by atoms with van der Waals surface area (Å²) in [7, 11) is 0. The Morgan fingerprint density at radius 3 is 2.57 bits per heavy atom. The average molecular weight is 323 g/mol. The standard InChI is InChI=1S/C16H19ClN2OS/c1-11-7-19(8-12(2)20-11)9-15-10-21-16(18-15)13-3-5-14(17)6-4-13/h3-6,10-12H,7-9H2,1-2H3/t11-,12-/m0/s1. The van der Waals surface area contributed by atoms with Gasteiger partial charge in [0.25, 0.3) is 0 Å². The zero-order chi connectivity index (χ0) is 14.8. The molecule has 0 bridgehead atoms. The number of rotatable bonds is 3. The lowest BCUT2D eigenvalue weighted by molar-refractivity contribution is -0.0707. The molecule has 0 spiro atoms. The van der Waals surface area contributed by atoms with Gasteiger partial charge in [-0.2, -0.15) is 0 Å². The van der Waals surface area contributed by atoms with Crippen molar-refractivity contribution in [2.45, 2.75) is 32.6 Å². The van der Waals surface area contributed by atoms with E-state index in [-0.39, 0.29) is 0 Å². The average Bonchev–Trinajstić information content (AvgIpc) is 2.87. The normalized spacial score (nSPS) is 23.4. The smallest absolute Gasteiger partial charge is 0.123 e. The van der Waals surface area contributed by atoms with Gasteiger partial charge in [-0.15, -0.1) is 11.3 Å². The first kappa shape index (κ1) is 15.0. The Hall–Kier alpha value is -0.940. The molecule has 3 nitrogen and oxygen atoms in total. The molecule has 1 aliphatic heterocycles. The SMILES string of the molecule is C[C@H]1CN(Cc2csc(-c3ccc(Cl)cc3)n2)C[C@H](C)O1. The highest BCUT2D eigenvalue weighted by atomic mass is 35.5. The van der Waals surface area contributed by atoms with Crippen LogP contribution in [0.25, 0.3) is 10.6 Å². The third-order valence-corrected chi connectivity index (χ3v) is 4.72. The largest absolute Gasteiger partial charge is 0.373 e. The van der Waals surface area contributed by atoms with Gasteiger partial charge >= 0.3 is 0 Å². The fraction of sp³-hybridized carbons (Fsp3) is 0.438. The van der Waals surface area contributed by atoms with Gasteiger partial charge in [-0.3, -0.25) is 4.90 Å². The second kappa shape index (κ2) is 6.44. The maximum Gasteiger partial charge on any atom is 0.123 e. The molecule has 1 aromatic carbocycles. The predicted molar refractivity (Wildman–Crippen MR) is 87.8 cm³/mol. The van der Waals surface area contributed by atoms with Crippen LogP contribution in [0.2, 0.25) is 5.02 Å². The molecule has 1 saturated heterocycles. The highest BCUT2D eigenvalue weighted by molar-refractivity contribution is 7.13. The van der Waals surface area contributed by atoms with Crippen LogP contribution >= 0.6 is 22.9 Å². The van der Waals surface area contributed by atoms with Gasteiger partial charge in [0.2, 0.25) is 0 Å².